The van der Waals surface area contributed by atoms with Gasteiger partial charge in [-0.25, -0.2) is 0 Å². The van der Waals surface area contributed by atoms with E-state index in [1.54, 1.807) is 13.3 Å². The second kappa shape index (κ2) is 7.32. The van der Waals surface area contributed by atoms with E-state index < -0.39 is 0 Å². The molecule has 0 saturated heterocycles. The molecular formula is C19H18ClN3O. The lowest BCUT2D eigenvalue weighted by Gasteiger charge is -2.09. The summed E-state index contributed by atoms with van der Waals surface area (Å²) < 4.78 is 5.20. The van der Waals surface area contributed by atoms with Crippen molar-refractivity contribution in [2.45, 2.75) is 13.3 Å². The molecule has 0 fully saturated rings. The van der Waals surface area contributed by atoms with Gasteiger partial charge in [-0.3, -0.25) is 10.4 Å². The lowest BCUT2D eigenvalue weighted by Crippen LogP contribution is -2.03. The highest BCUT2D eigenvalue weighted by Gasteiger charge is 2.05. The number of anilines is 1. The van der Waals surface area contributed by atoms with Gasteiger partial charge in [-0.2, -0.15) is 5.10 Å². The maximum Gasteiger partial charge on any atom is 0.118 e. The van der Waals surface area contributed by atoms with Gasteiger partial charge in [0.25, 0.3) is 0 Å². The first-order valence-electron chi connectivity index (χ1n) is 7.72. The number of hydrazone groups is 1. The van der Waals surface area contributed by atoms with Crippen molar-refractivity contribution >= 4 is 33.9 Å². The number of fused-ring (bicyclic) bond motifs is 1. The molecule has 4 nitrogen and oxygen atoms in total. The Balaban J connectivity index is 1.90. The van der Waals surface area contributed by atoms with Crippen LogP contribution in [0.2, 0.25) is 5.02 Å². The molecule has 2 aromatic carbocycles. The Labute approximate surface area is 146 Å². The van der Waals surface area contributed by atoms with E-state index in [1.807, 2.05) is 48.5 Å². The molecule has 3 aromatic rings. The number of benzene rings is 2. The van der Waals surface area contributed by atoms with Crippen molar-refractivity contribution in [1.82, 2.24) is 4.98 Å². The minimum absolute atomic E-state index is 0.670. The third kappa shape index (κ3) is 3.49. The first-order chi connectivity index (χ1) is 11.7. The number of pyridine rings is 1. The average molecular weight is 340 g/mol. The normalized spacial score (nSPS) is 11.5. The predicted molar refractivity (Wildman–Crippen MR) is 100 cm³/mol. The summed E-state index contributed by atoms with van der Waals surface area (Å²) in [4.78, 5) is 4.34. The van der Waals surface area contributed by atoms with Gasteiger partial charge < -0.3 is 4.74 Å². The molecule has 1 heterocycles. The van der Waals surface area contributed by atoms with Crippen LogP contribution >= 0.6 is 11.6 Å². The molecule has 0 amide bonds. The summed E-state index contributed by atoms with van der Waals surface area (Å²) in [7, 11) is 1.66. The van der Waals surface area contributed by atoms with Crippen LogP contribution in [-0.4, -0.2) is 17.8 Å². The smallest absolute Gasteiger partial charge is 0.118 e. The Bertz CT molecular complexity index is 875. The number of hydrogen-bond acceptors (Lipinski definition) is 4. The molecule has 0 aliphatic carbocycles. The topological polar surface area (TPSA) is 46.5 Å². The molecule has 0 spiro atoms. The number of aromatic nitrogens is 1. The van der Waals surface area contributed by atoms with Crippen molar-refractivity contribution in [3.63, 3.8) is 0 Å². The van der Waals surface area contributed by atoms with Crippen LogP contribution in [0.25, 0.3) is 10.9 Å². The molecule has 0 aliphatic heterocycles. The van der Waals surface area contributed by atoms with Crippen molar-refractivity contribution in [2.24, 2.45) is 5.10 Å². The van der Waals surface area contributed by atoms with Crippen molar-refractivity contribution in [3.05, 3.63) is 65.3 Å². The standard InChI is InChI=1S/C19H18ClN3O/c1-3-17(13-4-7-15(24-2)8-5-13)22-23-18-10-11-21-19-12-14(20)6-9-16(18)19/h4-12H,3H2,1-2H3,(H,21,23)/b22-17-. The Morgan fingerprint density at radius 2 is 1.96 bits per heavy atom. The van der Waals surface area contributed by atoms with Gasteiger partial charge in [0.1, 0.15) is 5.75 Å². The monoisotopic (exact) mass is 339 g/mol. The average Bonchev–Trinajstić information content (AvgIpc) is 2.62. The van der Waals surface area contributed by atoms with Crippen LogP contribution in [0.15, 0.2) is 59.8 Å². The van der Waals surface area contributed by atoms with Gasteiger partial charge in [0, 0.05) is 16.6 Å². The van der Waals surface area contributed by atoms with Crippen molar-refractivity contribution in [3.8, 4) is 5.75 Å². The van der Waals surface area contributed by atoms with E-state index in [2.05, 4.69) is 22.4 Å². The van der Waals surface area contributed by atoms with Crippen molar-refractivity contribution < 1.29 is 4.74 Å². The van der Waals surface area contributed by atoms with Gasteiger partial charge in [0.15, 0.2) is 0 Å². The number of halogens is 1. The minimum Gasteiger partial charge on any atom is -0.497 e. The van der Waals surface area contributed by atoms with E-state index >= 15 is 0 Å². The third-order valence-electron chi connectivity index (χ3n) is 3.77. The molecule has 3 rings (SSSR count). The second-order valence-electron chi connectivity index (χ2n) is 5.27. The Hall–Kier alpha value is -2.59. The number of methoxy groups -OCH3 is 1. The van der Waals surface area contributed by atoms with E-state index in [-0.39, 0.29) is 0 Å². The second-order valence-corrected chi connectivity index (χ2v) is 5.71. The number of hydrogen-bond donors (Lipinski definition) is 1. The zero-order chi connectivity index (χ0) is 16.9. The Morgan fingerprint density at radius 1 is 1.17 bits per heavy atom. The zero-order valence-corrected chi connectivity index (χ0v) is 14.3. The van der Waals surface area contributed by atoms with Crippen LogP contribution in [0, 0.1) is 0 Å². The zero-order valence-electron chi connectivity index (χ0n) is 13.6. The number of nitrogens with zero attached hydrogens (tertiary/aromatic N) is 2. The summed E-state index contributed by atoms with van der Waals surface area (Å²) in [6.07, 6.45) is 2.56. The van der Waals surface area contributed by atoms with Gasteiger partial charge in [-0.15, -0.1) is 0 Å². The molecule has 0 atom stereocenters. The number of ether oxygens (including phenoxy) is 1. The summed E-state index contributed by atoms with van der Waals surface area (Å²) in [5, 5.41) is 6.23. The van der Waals surface area contributed by atoms with Gasteiger partial charge in [0.05, 0.1) is 24.0 Å². The van der Waals surface area contributed by atoms with Crippen LogP contribution in [0.4, 0.5) is 5.69 Å². The van der Waals surface area contributed by atoms with Gasteiger partial charge in [-0.05, 0) is 60.5 Å². The van der Waals surface area contributed by atoms with Crippen LogP contribution in [0.5, 0.6) is 5.75 Å². The highest BCUT2D eigenvalue weighted by molar-refractivity contribution is 6.31. The third-order valence-corrected chi connectivity index (χ3v) is 4.01. The molecule has 24 heavy (non-hydrogen) atoms. The summed E-state index contributed by atoms with van der Waals surface area (Å²) in [5.41, 5.74) is 6.93. The van der Waals surface area contributed by atoms with Crippen LogP contribution in [0.3, 0.4) is 0 Å². The van der Waals surface area contributed by atoms with E-state index in [9.17, 15) is 0 Å². The maximum atomic E-state index is 6.03. The van der Waals surface area contributed by atoms with Crippen molar-refractivity contribution in [2.75, 3.05) is 12.5 Å². The summed E-state index contributed by atoms with van der Waals surface area (Å²) in [5.74, 6) is 0.833. The molecule has 0 bridgehead atoms. The van der Waals surface area contributed by atoms with Gasteiger partial charge >= 0.3 is 0 Å². The minimum atomic E-state index is 0.670. The van der Waals surface area contributed by atoms with Crippen LogP contribution < -0.4 is 10.2 Å². The molecule has 122 valence electrons. The SMILES string of the molecule is CC/C(=N/Nc1ccnc2cc(Cl)ccc12)c1ccc(OC)cc1. The fraction of sp³-hybridized carbons (Fsp3) is 0.158. The molecule has 0 radical (unpaired) electrons. The number of nitrogens with one attached hydrogen (secondary N) is 1. The predicted octanol–water partition coefficient (Wildman–Crippen LogP) is 5.12. The molecule has 0 saturated carbocycles. The van der Waals surface area contributed by atoms with E-state index in [1.165, 1.54) is 0 Å². The Kier molecular flexibility index (Phi) is 4.96. The van der Waals surface area contributed by atoms with Gasteiger partial charge in [-0.1, -0.05) is 18.5 Å². The van der Waals surface area contributed by atoms with E-state index in [4.69, 9.17) is 16.3 Å². The number of rotatable bonds is 5. The molecule has 5 heteroatoms. The fourth-order valence-electron chi connectivity index (χ4n) is 2.48. The highest BCUT2D eigenvalue weighted by Crippen LogP contribution is 2.24. The van der Waals surface area contributed by atoms with Crippen LogP contribution in [-0.2, 0) is 0 Å². The van der Waals surface area contributed by atoms with Gasteiger partial charge in [0.2, 0.25) is 0 Å². The quantitative estimate of drug-likeness (QED) is 0.518. The molecule has 1 aromatic heterocycles. The summed E-state index contributed by atoms with van der Waals surface area (Å²) >= 11 is 6.03. The van der Waals surface area contributed by atoms with Crippen LogP contribution in [0.1, 0.15) is 18.9 Å². The molecule has 1 N–H and O–H groups in total. The molecular weight excluding hydrogens is 322 g/mol. The maximum absolute atomic E-state index is 6.03. The lowest BCUT2D eigenvalue weighted by molar-refractivity contribution is 0.415. The van der Waals surface area contributed by atoms with E-state index in [0.29, 0.717) is 5.02 Å². The largest absolute Gasteiger partial charge is 0.497 e. The van der Waals surface area contributed by atoms with E-state index in [0.717, 1.165) is 40.0 Å². The first kappa shape index (κ1) is 16.3. The fourth-order valence-corrected chi connectivity index (χ4v) is 2.64. The molecule has 0 unspecified atom stereocenters. The lowest BCUT2D eigenvalue weighted by atomic mass is 10.1. The van der Waals surface area contributed by atoms with Crippen molar-refractivity contribution in [1.29, 1.82) is 0 Å². The molecule has 0 aliphatic rings. The summed E-state index contributed by atoms with van der Waals surface area (Å²) in [6, 6.07) is 15.4. The Morgan fingerprint density at radius 3 is 2.67 bits per heavy atom. The summed E-state index contributed by atoms with van der Waals surface area (Å²) in [6.45, 7) is 2.08. The first-order valence-corrected chi connectivity index (χ1v) is 8.10. The highest BCUT2D eigenvalue weighted by atomic mass is 35.5.